The lowest BCUT2D eigenvalue weighted by atomic mass is 10.2. The van der Waals surface area contributed by atoms with Crippen molar-refractivity contribution < 1.29 is 18.8 Å². The lowest BCUT2D eigenvalue weighted by molar-refractivity contribution is -0.144. The molecule has 0 saturated heterocycles. The summed E-state index contributed by atoms with van der Waals surface area (Å²) in [6.45, 7) is 1.64. The van der Waals surface area contributed by atoms with Crippen LogP contribution in [0.5, 0.6) is 0 Å². The van der Waals surface area contributed by atoms with Gasteiger partial charge in [-0.3, -0.25) is 14.2 Å². The molecular formula is C16H15N3O5. The molecule has 1 amide bonds. The minimum atomic E-state index is -0.973. The van der Waals surface area contributed by atoms with E-state index < -0.39 is 23.5 Å². The van der Waals surface area contributed by atoms with Gasteiger partial charge in [-0.25, -0.2) is 4.79 Å². The van der Waals surface area contributed by atoms with E-state index in [0.29, 0.717) is 5.76 Å². The molecule has 24 heavy (non-hydrogen) atoms. The summed E-state index contributed by atoms with van der Waals surface area (Å²) in [7, 11) is 1.20. The molecule has 1 N–H and O–H groups in total. The maximum atomic E-state index is 12.5. The highest BCUT2D eigenvalue weighted by molar-refractivity contribution is 6.02. The molecule has 2 aromatic rings. The molecule has 0 spiro atoms. The zero-order valence-corrected chi connectivity index (χ0v) is 13.1. The van der Waals surface area contributed by atoms with Crippen LogP contribution in [0.4, 0.5) is 5.69 Å². The van der Waals surface area contributed by atoms with Gasteiger partial charge in [0.2, 0.25) is 0 Å². The van der Waals surface area contributed by atoms with Crippen LogP contribution in [0.2, 0.25) is 0 Å². The number of terminal acetylenes is 1. The van der Waals surface area contributed by atoms with Gasteiger partial charge < -0.3 is 14.6 Å². The molecule has 0 aromatic carbocycles. The first-order valence-electron chi connectivity index (χ1n) is 6.95. The number of pyridine rings is 1. The van der Waals surface area contributed by atoms with E-state index in [1.54, 1.807) is 6.92 Å². The average molecular weight is 329 g/mol. The highest BCUT2D eigenvalue weighted by Gasteiger charge is 2.23. The number of carbonyl (C=O) groups is 2. The molecule has 1 atom stereocenters. The van der Waals surface area contributed by atoms with Gasteiger partial charge in [-0.2, -0.15) is 0 Å². The summed E-state index contributed by atoms with van der Waals surface area (Å²) in [6, 6.07) is 3.39. The first-order chi connectivity index (χ1) is 11.5. The van der Waals surface area contributed by atoms with Gasteiger partial charge >= 0.3 is 5.97 Å². The number of aryl methyl sites for hydroxylation is 1. The quantitative estimate of drug-likeness (QED) is 0.651. The van der Waals surface area contributed by atoms with Crippen LogP contribution in [-0.2, 0) is 9.53 Å². The zero-order chi connectivity index (χ0) is 17.7. The molecule has 0 aliphatic rings. The maximum Gasteiger partial charge on any atom is 0.329 e. The van der Waals surface area contributed by atoms with Crippen molar-refractivity contribution in [3.63, 3.8) is 0 Å². The smallest absolute Gasteiger partial charge is 0.329 e. The Morgan fingerprint density at radius 3 is 2.88 bits per heavy atom. The molecule has 0 aliphatic heterocycles. The first-order valence-corrected chi connectivity index (χ1v) is 6.95. The number of rotatable bonds is 5. The van der Waals surface area contributed by atoms with E-state index in [1.807, 2.05) is 0 Å². The van der Waals surface area contributed by atoms with Gasteiger partial charge in [-0.1, -0.05) is 5.16 Å². The van der Waals surface area contributed by atoms with Crippen molar-refractivity contribution in [2.45, 2.75) is 19.4 Å². The van der Waals surface area contributed by atoms with Crippen molar-refractivity contribution in [1.82, 2.24) is 9.72 Å². The fourth-order valence-corrected chi connectivity index (χ4v) is 2.05. The molecule has 0 unspecified atom stereocenters. The number of nitrogens with zero attached hydrogens (tertiary/aromatic N) is 2. The van der Waals surface area contributed by atoms with E-state index >= 15 is 0 Å². The second-order valence-corrected chi connectivity index (χ2v) is 4.86. The number of amides is 1. The van der Waals surface area contributed by atoms with Gasteiger partial charge in [0.05, 0.1) is 7.11 Å². The highest BCUT2D eigenvalue weighted by atomic mass is 16.5. The SMILES string of the molecule is C#CC[C@H](C(=O)OC)n1cccc(NC(=O)c2cc(C)on2)c1=O. The second kappa shape index (κ2) is 7.28. The average Bonchev–Trinajstić information content (AvgIpc) is 3.01. The maximum absolute atomic E-state index is 12.5. The van der Waals surface area contributed by atoms with Crippen LogP contribution in [0.25, 0.3) is 0 Å². The minimum absolute atomic E-state index is 0.0194. The second-order valence-electron chi connectivity index (χ2n) is 4.86. The lowest BCUT2D eigenvalue weighted by Crippen LogP contribution is -2.32. The third-order valence-electron chi connectivity index (χ3n) is 3.20. The van der Waals surface area contributed by atoms with Crippen LogP contribution in [0.1, 0.15) is 28.7 Å². The Bertz CT molecular complexity index is 859. The molecule has 0 radical (unpaired) electrons. The van der Waals surface area contributed by atoms with Crippen molar-refractivity contribution in [2.75, 3.05) is 12.4 Å². The summed E-state index contributed by atoms with van der Waals surface area (Å²) < 4.78 is 10.6. The van der Waals surface area contributed by atoms with Crippen LogP contribution >= 0.6 is 0 Å². The molecule has 0 bridgehead atoms. The molecule has 0 saturated carbocycles. The van der Waals surface area contributed by atoms with E-state index in [9.17, 15) is 14.4 Å². The zero-order valence-electron chi connectivity index (χ0n) is 13.1. The number of hydrogen-bond acceptors (Lipinski definition) is 6. The number of methoxy groups -OCH3 is 1. The van der Waals surface area contributed by atoms with Gasteiger partial charge in [-0.15, -0.1) is 12.3 Å². The van der Waals surface area contributed by atoms with E-state index in [-0.39, 0.29) is 17.8 Å². The van der Waals surface area contributed by atoms with E-state index in [1.165, 1.54) is 31.5 Å². The third kappa shape index (κ3) is 3.52. The summed E-state index contributed by atoms with van der Waals surface area (Å²) >= 11 is 0. The van der Waals surface area contributed by atoms with Gasteiger partial charge in [0.25, 0.3) is 11.5 Å². The standard InChI is InChI=1S/C16H15N3O5/c1-4-6-13(16(22)23-3)19-8-5-7-11(15(19)21)17-14(20)12-9-10(2)24-18-12/h1,5,7-9,13H,6H2,2-3H3,(H,17,20)/t13-/m1/s1. The van der Waals surface area contributed by atoms with E-state index in [4.69, 9.17) is 10.9 Å². The fraction of sp³-hybridized carbons (Fsp3) is 0.250. The van der Waals surface area contributed by atoms with Crippen LogP contribution in [0, 0.1) is 19.3 Å². The number of hydrogen-bond donors (Lipinski definition) is 1. The fourth-order valence-electron chi connectivity index (χ4n) is 2.05. The Hall–Kier alpha value is -3.34. The Morgan fingerprint density at radius 1 is 1.54 bits per heavy atom. The van der Waals surface area contributed by atoms with Gasteiger partial charge in [0.1, 0.15) is 17.5 Å². The minimum Gasteiger partial charge on any atom is -0.467 e. The van der Waals surface area contributed by atoms with Crippen molar-refractivity contribution >= 4 is 17.6 Å². The number of nitrogens with one attached hydrogen (secondary N) is 1. The predicted octanol–water partition coefficient (Wildman–Crippen LogP) is 1.13. The van der Waals surface area contributed by atoms with Crippen molar-refractivity contribution in [3.8, 4) is 12.3 Å². The molecule has 124 valence electrons. The first kappa shape index (κ1) is 17.0. The number of carbonyl (C=O) groups excluding carboxylic acids is 2. The van der Waals surface area contributed by atoms with E-state index in [0.717, 1.165) is 4.57 Å². The van der Waals surface area contributed by atoms with Crippen LogP contribution in [-0.4, -0.2) is 28.7 Å². The summed E-state index contributed by atoms with van der Waals surface area (Å²) in [5, 5.41) is 6.01. The molecule has 2 aromatic heterocycles. The number of aromatic nitrogens is 2. The third-order valence-corrected chi connectivity index (χ3v) is 3.20. The largest absolute Gasteiger partial charge is 0.467 e. The van der Waals surface area contributed by atoms with Crippen LogP contribution < -0.4 is 10.9 Å². The molecule has 0 fully saturated rings. The molecular weight excluding hydrogens is 314 g/mol. The van der Waals surface area contributed by atoms with Gasteiger partial charge in [-0.05, 0) is 19.1 Å². The summed E-state index contributed by atoms with van der Waals surface area (Å²) in [5.41, 5.74) is -0.568. The Labute approximate surface area is 137 Å². The van der Waals surface area contributed by atoms with Crippen LogP contribution in [0.15, 0.2) is 33.7 Å². The Balaban J connectivity index is 2.33. The molecule has 0 aliphatic carbocycles. The monoisotopic (exact) mass is 329 g/mol. The number of esters is 1. The topological polar surface area (TPSA) is 103 Å². The summed E-state index contributed by atoms with van der Waals surface area (Å²) in [6.07, 6.45) is 6.62. The van der Waals surface area contributed by atoms with Gasteiger partial charge in [0.15, 0.2) is 5.69 Å². The Morgan fingerprint density at radius 2 is 2.29 bits per heavy atom. The van der Waals surface area contributed by atoms with Crippen LogP contribution in [0.3, 0.4) is 0 Å². The molecule has 2 rings (SSSR count). The predicted molar refractivity (Wildman–Crippen MR) is 84.4 cm³/mol. The van der Waals surface area contributed by atoms with Crippen molar-refractivity contribution in [1.29, 1.82) is 0 Å². The number of ether oxygens (including phenoxy) is 1. The lowest BCUT2D eigenvalue weighted by Gasteiger charge is -2.16. The molecule has 8 nitrogen and oxygen atoms in total. The van der Waals surface area contributed by atoms with Gasteiger partial charge in [0, 0.05) is 18.7 Å². The van der Waals surface area contributed by atoms with Crippen molar-refractivity contribution in [2.24, 2.45) is 0 Å². The van der Waals surface area contributed by atoms with E-state index in [2.05, 4.69) is 21.1 Å². The summed E-state index contributed by atoms with van der Waals surface area (Å²) in [4.78, 5) is 36.4. The normalized spacial score (nSPS) is 11.4. The summed E-state index contributed by atoms with van der Waals surface area (Å²) in [5.74, 6) is 1.54. The number of anilines is 1. The highest BCUT2D eigenvalue weighted by Crippen LogP contribution is 2.13. The molecule has 8 heteroatoms. The van der Waals surface area contributed by atoms with Crippen molar-refractivity contribution in [3.05, 3.63) is 46.2 Å². The Kier molecular flexibility index (Phi) is 5.16. The molecule has 2 heterocycles.